The average Bonchev–Trinajstić information content (AvgIpc) is 2.82. The van der Waals surface area contributed by atoms with Gasteiger partial charge in [0.2, 0.25) is 5.82 Å². The molecule has 0 saturated carbocycles. The summed E-state index contributed by atoms with van der Waals surface area (Å²) in [6, 6.07) is 0. The first kappa shape index (κ1) is 14.7. The lowest BCUT2D eigenvalue weighted by Crippen LogP contribution is -2.34. The van der Waals surface area contributed by atoms with Crippen LogP contribution in [0.15, 0.2) is 11.6 Å². The van der Waals surface area contributed by atoms with E-state index in [2.05, 4.69) is 29.0 Å². The number of fused-ring (bicyclic) bond motifs is 1. The first-order valence-electron chi connectivity index (χ1n) is 6.29. The van der Waals surface area contributed by atoms with E-state index in [0.29, 0.717) is 17.3 Å². The number of imidazole rings is 1. The minimum Gasteiger partial charge on any atom is -0.362 e. The number of anilines is 1. The van der Waals surface area contributed by atoms with Crippen LogP contribution in [-0.4, -0.2) is 46.4 Å². The van der Waals surface area contributed by atoms with Crippen LogP contribution in [0.2, 0.25) is 0 Å². The molecule has 2 aromatic rings. The van der Waals surface area contributed by atoms with Gasteiger partial charge in [-0.15, -0.1) is 0 Å². The van der Waals surface area contributed by atoms with E-state index in [1.165, 1.54) is 15.7 Å². The van der Waals surface area contributed by atoms with Crippen molar-refractivity contribution in [2.24, 2.45) is 5.41 Å². The van der Waals surface area contributed by atoms with Gasteiger partial charge in [0, 0.05) is 18.5 Å². The molecule has 0 aliphatic carbocycles. The largest absolute Gasteiger partial charge is 0.372 e. The maximum Gasteiger partial charge on any atom is 0.372 e. The van der Waals surface area contributed by atoms with E-state index in [1.54, 1.807) is 11.6 Å². The zero-order valence-corrected chi connectivity index (χ0v) is 12.9. The van der Waals surface area contributed by atoms with Gasteiger partial charge in [-0.1, -0.05) is 25.2 Å². The Bertz CT molecular complexity index is 616. The van der Waals surface area contributed by atoms with Crippen molar-refractivity contribution in [2.45, 2.75) is 13.8 Å². The predicted molar refractivity (Wildman–Crippen MR) is 80.5 cm³/mol. The number of rotatable bonds is 6. The standard InChI is InChI=1S/C12H19N5O2S/c1-12(2,8-15(3)4)7-13-9-10(17(18)19)16-5-6-20-11(16)14-9/h5-6,13H,7-8H2,1-4H3. The fourth-order valence-electron chi connectivity index (χ4n) is 2.30. The smallest absolute Gasteiger partial charge is 0.362 e. The summed E-state index contributed by atoms with van der Waals surface area (Å²) in [6.45, 7) is 5.74. The van der Waals surface area contributed by atoms with Crippen LogP contribution in [-0.2, 0) is 0 Å². The van der Waals surface area contributed by atoms with Gasteiger partial charge in [-0.2, -0.15) is 9.38 Å². The lowest BCUT2D eigenvalue weighted by Gasteiger charge is -2.28. The summed E-state index contributed by atoms with van der Waals surface area (Å²) in [4.78, 5) is 17.8. The molecule has 0 unspecified atom stereocenters. The summed E-state index contributed by atoms with van der Waals surface area (Å²) in [7, 11) is 4.02. The third-order valence-corrected chi connectivity index (χ3v) is 3.65. The highest BCUT2D eigenvalue weighted by Crippen LogP contribution is 2.29. The van der Waals surface area contributed by atoms with Crippen LogP contribution in [0.1, 0.15) is 13.8 Å². The van der Waals surface area contributed by atoms with Crippen LogP contribution in [0, 0.1) is 15.5 Å². The van der Waals surface area contributed by atoms with E-state index in [4.69, 9.17) is 0 Å². The Kier molecular flexibility index (Phi) is 3.96. The van der Waals surface area contributed by atoms with Gasteiger partial charge in [0.1, 0.15) is 6.20 Å². The molecule has 1 N–H and O–H groups in total. The van der Waals surface area contributed by atoms with Crippen LogP contribution in [0.3, 0.4) is 0 Å². The molecule has 0 bridgehead atoms. The first-order chi connectivity index (χ1) is 9.30. The molecule has 0 amide bonds. The highest BCUT2D eigenvalue weighted by molar-refractivity contribution is 7.15. The van der Waals surface area contributed by atoms with E-state index in [1.807, 2.05) is 14.1 Å². The molecule has 0 aliphatic rings. The van der Waals surface area contributed by atoms with Gasteiger partial charge in [0.25, 0.3) is 4.96 Å². The predicted octanol–water partition coefficient (Wildman–Crippen LogP) is 2.30. The van der Waals surface area contributed by atoms with Gasteiger partial charge in [-0.3, -0.25) is 0 Å². The van der Waals surface area contributed by atoms with Crippen LogP contribution < -0.4 is 5.32 Å². The summed E-state index contributed by atoms with van der Waals surface area (Å²) >= 11 is 1.38. The fourth-order valence-corrected chi connectivity index (χ4v) is 3.01. The number of nitro groups is 1. The summed E-state index contributed by atoms with van der Waals surface area (Å²) in [6.07, 6.45) is 1.67. The number of nitrogens with one attached hydrogen (secondary N) is 1. The molecule has 0 fully saturated rings. The van der Waals surface area contributed by atoms with E-state index < -0.39 is 4.92 Å². The highest BCUT2D eigenvalue weighted by Gasteiger charge is 2.26. The number of hydrogen-bond donors (Lipinski definition) is 1. The van der Waals surface area contributed by atoms with Gasteiger partial charge in [-0.05, 0) is 24.4 Å². The molecule has 0 aliphatic heterocycles. The van der Waals surface area contributed by atoms with E-state index in [0.717, 1.165) is 6.54 Å². The number of aromatic nitrogens is 2. The van der Waals surface area contributed by atoms with Crippen molar-refractivity contribution >= 4 is 27.9 Å². The molecule has 0 atom stereocenters. The van der Waals surface area contributed by atoms with Crippen LogP contribution in [0.25, 0.3) is 4.96 Å². The van der Waals surface area contributed by atoms with Crippen molar-refractivity contribution in [3.8, 4) is 0 Å². The normalized spacial score (nSPS) is 12.2. The molecule has 0 spiro atoms. The number of hydrogen-bond acceptors (Lipinski definition) is 6. The molecule has 0 saturated heterocycles. The van der Waals surface area contributed by atoms with Gasteiger partial charge in [-0.25, -0.2) is 0 Å². The SMILES string of the molecule is CN(C)CC(C)(C)CNc1nc2sccn2c1[N+](=O)[O-]. The van der Waals surface area contributed by atoms with Crippen LogP contribution >= 0.6 is 11.3 Å². The fraction of sp³-hybridized carbons (Fsp3) is 0.583. The molecule has 2 aromatic heterocycles. The van der Waals surface area contributed by atoms with E-state index >= 15 is 0 Å². The monoisotopic (exact) mass is 297 g/mol. The zero-order chi connectivity index (χ0) is 14.9. The Labute approximate surface area is 121 Å². The molecule has 2 heterocycles. The minimum atomic E-state index is -0.395. The summed E-state index contributed by atoms with van der Waals surface area (Å²) in [5.41, 5.74) is -0.00554. The third-order valence-electron chi connectivity index (χ3n) is 2.89. The van der Waals surface area contributed by atoms with Crippen molar-refractivity contribution in [1.82, 2.24) is 14.3 Å². The number of nitrogens with zero attached hydrogens (tertiary/aromatic N) is 4. The second-order valence-corrected chi connectivity index (χ2v) is 6.73. The van der Waals surface area contributed by atoms with Crippen LogP contribution in [0.4, 0.5) is 11.6 Å². The lowest BCUT2D eigenvalue weighted by molar-refractivity contribution is -0.389. The molecular formula is C12H19N5O2S. The van der Waals surface area contributed by atoms with Gasteiger partial charge >= 0.3 is 5.82 Å². The molecular weight excluding hydrogens is 278 g/mol. The molecule has 2 rings (SSSR count). The van der Waals surface area contributed by atoms with Gasteiger partial charge in [0.15, 0.2) is 0 Å². The van der Waals surface area contributed by atoms with Crippen LogP contribution in [0.5, 0.6) is 0 Å². The maximum absolute atomic E-state index is 11.2. The number of thiazole rings is 1. The summed E-state index contributed by atoms with van der Waals surface area (Å²) in [5, 5.41) is 16.1. The lowest BCUT2D eigenvalue weighted by atomic mass is 9.93. The Morgan fingerprint density at radius 2 is 2.25 bits per heavy atom. The average molecular weight is 297 g/mol. The topological polar surface area (TPSA) is 75.7 Å². The third kappa shape index (κ3) is 3.07. The zero-order valence-electron chi connectivity index (χ0n) is 12.1. The molecule has 20 heavy (non-hydrogen) atoms. The molecule has 0 radical (unpaired) electrons. The van der Waals surface area contributed by atoms with Crippen molar-refractivity contribution in [3.63, 3.8) is 0 Å². The maximum atomic E-state index is 11.2. The van der Waals surface area contributed by atoms with Crippen molar-refractivity contribution in [3.05, 3.63) is 21.7 Å². The Hall–Kier alpha value is -1.67. The highest BCUT2D eigenvalue weighted by atomic mass is 32.1. The molecule has 7 nitrogen and oxygen atoms in total. The van der Waals surface area contributed by atoms with Crippen molar-refractivity contribution in [2.75, 3.05) is 32.5 Å². The van der Waals surface area contributed by atoms with Gasteiger partial charge < -0.3 is 20.3 Å². The Morgan fingerprint density at radius 3 is 2.85 bits per heavy atom. The molecule has 110 valence electrons. The first-order valence-corrected chi connectivity index (χ1v) is 7.17. The van der Waals surface area contributed by atoms with Crippen molar-refractivity contribution in [1.29, 1.82) is 0 Å². The Balaban J connectivity index is 2.19. The minimum absolute atomic E-state index is 0.00176. The summed E-state index contributed by atoms with van der Waals surface area (Å²) in [5.74, 6) is 0.343. The Morgan fingerprint density at radius 1 is 1.55 bits per heavy atom. The quantitative estimate of drug-likeness (QED) is 0.654. The summed E-state index contributed by atoms with van der Waals surface area (Å²) < 4.78 is 1.51. The van der Waals surface area contributed by atoms with E-state index in [-0.39, 0.29) is 11.2 Å². The molecule has 8 heteroatoms. The van der Waals surface area contributed by atoms with Crippen molar-refractivity contribution < 1.29 is 4.92 Å². The second kappa shape index (κ2) is 5.37. The van der Waals surface area contributed by atoms with Gasteiger partial charge in [0.05, 0.1) is 0 Å². The molecule has 0 aromatic carbocycles. The second-order valence-electron chi connectivity index (χ2n) is 5.85. The van der Waals surface area contributed by atoms with E-state index in [9.17, 15) is 10.1 Å².